The van der Waals surface area contributed by atoms with Gasteiger partial charge in [0.15, 0.2) is 0 Å². The Kier molecular flexibility index (Phi) is 5.37. The van der Waals surface area contributed by atoms with Crippen LogP contribution in [0.3, 0.4) is 0 Å². The summed E-state index contributed by atoms with van der Waals surface area (Å²) in [6.45, 7) is 1.51. The summed E-state index contributed by atoms with van der Waals surface area (Å²) in [7, 11) is 0. The molecule has 1 fully saturated rings. The highest BCUT2D eigenvalue weighted by Crippen LogP contribution is 2.29. The number of H-pyrrole nitrogens is 1. The molecule has 140 valence electrons. The molecule has 1 aliphatic rings. The Morgan fingerprint density at radius 1 is 1.19 bits per heavy atom. The number of imidazole rings is 1. The van der Waals surface area contributed by atoms with Crippen LogP contribution < -0.4 is 0 Å². The minimum atomic E-state index is 0.159. The van der Waals surface area contributed by atoms with Gasteiger partial charge in [0.25, 0.3) is 0 Å². The Hall–Kier alpha value is -2.04. The molecule has 0 bridgehead atoms. The number of rotatable bonds is 4. The normalized spacial score (nSPS) is 17.4. The number of hydrogen-bond donors (Lipinski definition) is 1. The number of carbonyl (C=O) groups is 1. The van der Waals surface area contributed by atoms with Crippen LogP contribution in [0.25, 0.3) is 11.0 Å². The fraction of sp³-hybridized carbons (Fsp3) is 0.333. The number of halogens is 2. The molecule has 0 spiro atoms. The first-order chi connectivity index (χ1) is 13.1. The highest BCUT2D eigenvalue weighted by Gasteiger charge is 2.26. The van der Waals surface area contributed by atoms with Crippen molar-refractivity contribution in [2.45, 2.75) is 31.6 Å². The highest BCUT2D eigenvalue weighted by atomic mass is 35.5. The van der Waals surface area contributed by atoms with Crippen LogP contribution in [0.5, 0.6) is 0 Å². The first-order valence-electron chi connectivity index (χ1n) is 9.27. The summed E-state index contributed by atoms with van der Waals surface area (Å²) in [4.78, 5) is 22.8. The van der Waals surface area contributed by atoms with Gasteiger partial charge in [0.2, 0.25) is 5.91 Å². The van der Waals surface area contributed by atoms with Crippen molar-refractivity contribution in [3.8, 4) is 0 Å². The molecule has 1 amide bonds. The van der Waals surface area contributed by atoms with Crippen molar-refractivity contribution in [1.82, 2.24) is 14.9 Å². The molecule has 6 heteroatoms. The SMILES string of the molecule is O=C(CCc1cccc(Cl)c1Cl)N1CCCC(c2nc3ccccc3[nH]2)C1. The highest BCUT2D eigenvalue weighted by molar-refractivity contribution is 6.42. The zero-order chi connectivity index (χ0) is 18.8. The number of nitrogens with one attached hydrogen (secondary N) is 1. The zero-order valence-corrected chi connectivity index (χ0v) is 16.4. The number of amides is 1. The number of likely N-dealkylation sites (tertiary alicyclic amines) is 1. The molecule has 4 nitrogen and oxygen atoms in total. The maximum absolute atomic E-state index is 12.7. The molecule has 27 heavy (non-hydrogen) atoms. The molecular formula is C21H21Cl2N3O. The third-order valence-corrected chi connectivity index (χ3v) is 6.07. The van der Waals surface area contributed by atoms with Crippen molar-refractivity contribution in [3.05, 3.63) is 63.9 Å². The summed E-state index contributed by atoms with van der Waals surface area (Å²) in [5.74, 6) is 1.39. The number of benzene rings is 2. The Bertz CT molecular complexity index is 936. The van der Waals surface area contributed by atoms with Crippen LogP contribution in [-0.2, 0) is 11.2 Å². The topological polar surface area (TPSA) is 49.0 Å². The molecular weight excluding hydrogens is 381 g/mol. The first kappa shape index (κ1) is 18.3. The number of hydrogen-bond acceptors (Lipinski definition) is 2. The van der Waals surface area contributed by atoms with Crippen LogP contribution in [0.15, 0.2) is 42.5 Å². The maximum Gasteiger partial charge on any atom is 0.222 e. The molecule has 0 radical (unpaired) electrons. The van der Waals surface area contributed by atoms with E-state index >= 15 is 0 Å². The summed E-state index contributed by atoms with van der Waals surface area (Å²) in [6.07, 6.45) is 3.08. The monoisotopic (exact) mass is 401 g/mol. The zero-order valence-electron chi connectivity index (χ0n) is 14.9. The van der Waals surface area contributed by atoms with Crippen LogP contribution >= 0.6 is 23.2 Å². The number of aromatic amines is 1. The van der Waals surface area contributed by atoms with Gasteiger partial charge in [0.1, 0.15) is 5.82 Å². The molecule has 2 heterocycles. The molecule has 1 unspecified atom stereocenters. The third-order valence-electron chi connectivity index (χ3n) is 5.21. The Morgan fingerprint density at radius 3 is 2.89 bits per heavy atom. The van der Waals surface area contributed by atoms with E-state index in [9.17, 15) is 4.79 Å². The van der Waals surface area contributed by atoms with Gasteiger partial charge in [-0.25, -0.2) is 4.98 Å². The Labute approximate surface area is 168 Å². The molecule has 3 aromatic rings. The lowest BCUT2D eigenvalue weighted by Crippen LogP contribution is -2.39. The molecule has 2 aromatic carbocycles. The molecule has 4 rings (SSSR count). The second-order valence-electron chi connectivity index (χ2n) is 7.03. The van der Waals surface area contributed by atoms with Gasteiger partial charge < -0.3 is 9.88 Å². The first-order valence-corrected chi connectivity index (χ1v) is 10.0. The van der Waals surface area contributed by atoms with Gasteiger partial charge in [-0.05, 0) is 43.0 Å². The van der Waals surface area contributed by atoms with Crippen molar-refractivity contribution in [2.75, 3.05) is 13.1 Å². The second kappa shape index (κ2) is 7.91. The van der Waals surface area contributed by atoms with E-state index in [0.717, 1.165) is 41.8 Å². The molecule has 0 aliphatic carbocycles. The van der Waals surface area contributed by atoms with Crippen molar-refractivity contribution < 1.29 is 4.79 Å². The fourth-order valence-electron chi connectivity index (χ4n) is 3.73. The van der Waals surface area contributed by atoms with Gasteiger partial charge in [-0.15, -0.1) is 0 Å². The molecule has 0 saturated carbocycles. The summed E-state index contributed by atoms with van der Waals surface area (Å²) in [6, 6.07) is 13.6. The average molecular weight is 402 g/mol. The number of piperidine rings is 1. The molecule has 1 aromatic heterocycles. The lowest BCUT2D eigenvalue weighted by atomic mass is 9.96. The molecule has 1 atom stereocenters. The number of fused-ring (bicyclic) bond motifs is 1. The lowest BCUT2D eigenvalue weighted by Gasteiger charge is -2.32. The summed E-state index contributed by atoms with van der Waals surface area (Å²) < 4.78 is 0. The van der Waals surface area contributed by atoms with E-state index in [1.165, 1.54) is 0 Å². The average Bonchev–Trinajstić information content (AvgIpc) is 3.13. The Morgan fingerprint density at radius 2 is 2.04 bits per heavy atom. The van der Waals surface area contributed by atoms with E-state index < -0.39 is 0 Å². The van der Waals surface area contributed by atoms with Crippen LogP contribution in [0.2, 0.25) is 10.0 Å². The van der Waals surface area contributed by atoms with Crippen molar-refractivity contribution >= 4 is 40.1 Å². The van der Waals surface area contributed by atoms with Gasteiger partial charge >= 0.3 is 0 Å². The quantitative estimate of drug-likeness (QED) is 0.652. The van der Waals surface area contributed by atoms with Gasteiger partial charge in [0.05, 0.1) is 21.1 Å². The van der Waals surface area contributed by atoms with Crippen LogP contribution in [-0.4, -0.2) is 33.9 Å². The van der Waals surface area contributed by atoms with Crippen molar-refractivity contribution in [3.63, 3.8) is 0 Å². The third kappa shape index (κ3) is 3.97. The number of nitrogens with zero attached hydrogens (tertiary/aromatic N) is 2. The van der Waals surface area contributed by atoms with Crippen molar-refractivity contribution in [1.29, 1.82) is 0 Å². The summed E-state index contributed by atoms with van der Waals surface area (Å²) >= 11 is 12.3. The van der Waals surface area contributed by atoms with E-state index in [1.807, 2.05) is 41.3 Å². The minimum Gasteiger partial charge on any atom is -0.342 e. The second-order valence-corrected chi connectivity index (χ2v) is 7.82. The van der Waals surface area contributed by atoms with E-state index in [1.54, 1.807) is 6.07 Å². The fourth-order valence-corrected chi connectivity index (χ4v) is 4.15. The summed E-state index contributed by atoms with van der Waals surface area (Å²) in [5, 5.41) is 1.08. The van der Waals surface area contributed by atoms with Crippen LogP contribution in [0.4, 0.5) is 0 Å². The predicted octanol–water partition coefficient (Wildman–Crippen LogP) is 5.21. The van der Waals surface area contributed by atoms with Gasteiger partial charge in [-0.3, -0.25) is 4.79 Å². The smallest absolute Gasteiger partial charge is 0.222 e. The number of aryl methyl sites for hydroxylation is 1. The van der Waals surface area contributed by atoms with Crippen LogP contribution in [0.1, 0.15) is 36.6 Å². The van der Waals surface area contributed by atoms with E-state index in [4.69, 9.17) is 28.2 Å². The minimum absolute atomic E-state index is 0.159. The molecule has 1 N–H and O–H groups in total. The van der Waals surface area contributed by atoms with Gasteiger partial charge in [-0.1, -0.05) is 47.5 Å². The maximum atomic E-state index is 12.7. The van der Waals surface area contributed by atoms with E-state index in [0.29, 0.717) is 29.4 Å². The van der Waals surface area contributed by atoms with E-state index in [-0.39, 0.29) is 11.8 Å². The predicted molar refractivity (Wildman–Crippen MR) is 109 cm³/mol. The van der Waals surface area contributed by atoms with Gasteiger partial charge in [-0.2, -0.15) is 0 Å². The number of carbonyl (C=O) groups excluding carboxylic acids is 1. The number of para-hydroxylation sites is 2. The van der Waals surface area contributed by atoms with E-state index in [2.05, 4.69) is 4.98 Å². The van der Waals surface area contributed by atoms with Crippen molar-refractivity contribution in [2.24, 2.45) is 0 Å². The van der Waals surface area contributed by atoms with Crippen LogP contribution in [0, 0.1) is 0 Å². The summed E-state index contributed by atoms with van der Waals surface area (Å²) in [5.41, 5.74) is 2.95. The Balaban J connectivity index is 1.41. The molecule has 1 saturated heterocycles. The number of aromatic nitrogens is 2. The van der Waals surface area contributed by atoms with Gasteiger partial charge in [0, 0.05) is 25.4 Å². The largest absolute Gasteiger partial charge is 0.342 e. The standard InChI is InChI=1S/C21H21Cl2N3O/c22-16-7-3-5-14(20(16)23)10-11-19(27)26-12-4-6-15(13-26)21-24-17-8-1-2-9-18(17)25-21/h1-3,5,7-9,15H,4,6,10-13H2,(H,24,25). The molecule has 1 aliphatic heterocycles. The lowest BCUT2D eigenvalue weighted by molar-refractivity contribution is -0.132.